The van der Waals surface area contributed by atoms with Crippen LogP contribution in [0.5, 0.6) is 0 Å². The lowest BCUT2D eigenvalue weighted by Crippen LogP contribution is -2.27. The van der Waals surface area contributed by atoms with Crippen molar-refractivity contribution < 1.29 is 0 Å². The van der Waals surface area contributed by atoms with Gasteiger partial charge < -0.3 is 5.32 Å². The molecule has 28 heavy (non-hydrogen) atoms. The van der Waals surface area contributed by atoms with Crippen LogP contribution in [0.3, 0.4) is 0 Å². The minimum atomic E-state index is 0.204. The molecule has 0 radical (unpaired) electrons. The fourth-order valence-corrected chi connectivity index (χ4v) is 4.05. The minimum Gasteiger partial charge on any atom is -0.312 e. The highest BCUT2D eigenvalue weighted by atomic mass is 14.9. The number of allylic oxidation sites excluding steroid dienone is 4. The standard InChI is InChI=1S/C26H48BN/c1-8-12-14-16-19-26(7,18-15-13-9-2)24(11-4)23(25(27)17-10-3)21-28-20-22(5)6/h10-11,17,22,28H,3-4,8-9,12-16,18-21,27H2,1-2,5-7H3/b24-23+,25-17+. The Bertz CT molecular complexity index is 501. The van der Waals surface area contributed by atoms with Gasteiger partial charge in [0.15, 0.2) is 0 Å². The van der Waals surface area contributed by atoms with Crippen LogP contribution in [0.2, 0.25) is 0 Å². The van der Waals surface area contributed by atoms with Gasteiger partial charge in [0.25, 0.3) is 0 Å². The van der Waals surface area contributed by atoms with Gasteiger partial charge in [-0.15, -0.1) is 0 Å². The van der Waals surface area contributed by atoms with Crippen LogP contribution in [0.1, 0.15) is 92.4 Å². The quantitative estimate of drug-likeness (QED) is 0.162. The number of unbranched alkanes of at least 4 members (excludes halogenated alkanes) is 5. The van der Waals surface area contributed by atoms with Crippen molar-refractivity contribution in [1.82, 2.24) is 5.32 Å². The fourth-order valence-electron chi connectivity index (χ4n) is 4.05. The molecule has 0 saturated heterocycles. The van der Waals surface area contributed by atoms with Gasteiger partial charge in [0.05, 0.1) is 0 Å². The van der Waals surface area contributed by atoms with Gasteiger partial charge in [-0.1, -0.05) is 116 Å². The Balaban J connectivity index is 5.85. The number of rotatable bonds is 17. The monoisotopic (exact) mass is 385 g/mol. The minimum absolute atomic E-state index is 0.204. The van der Waals surface area contributed by atoms with Gasteiger partial charge in [-0.2, -0.15) is 0 Å². The highest BCUT2D eigenvalue weighted by molar-refractivity contribution is 6.24. The highest BCUT2D eigenvalue weighted by Crippen LogP contribution is 2.41. The van der Waals surface area contributed by atoms with Gasteiger partial charge >= 0.3 is 0 Å². The lowest BCUT2D eigenvalue weighted by atomic mass is 9.69. The summed E-state index contributed by atoms with van der Waals surface area (Å²) in [6.07, 6.45) is 17.9. The molecule has 0 aromatic heterocycles. The number of hydrogen-bond donors (Lipinski definition) is 1. The second kappa shape index (κ2) is 15.9. The largest absolute Gasteiger partial charge is 0.312 e. The van der Waals surface area contributed by atoms with E-state index in [2.05, 4.69) is 73.1 Å². The molecule has 0 spiro atoms. The van der Waals surface area contributed by atoms with E-state index in [-0.39, 0.29) is 5.41 Å². The third kappa shape index (κ3) is 10.5. The summed E-state index contributed by atoms with van der Waals surface area (Å²) in [6, 6.07) is 0. The maximum absolute atomic E-state index is 4.27. The van der Waals surface area contributed by atoms with Crippen LogP contribution in [0, 0.1) is 11.3 Å². The van der Waals surface area contributed by atoms with E-state index in [0.29, 0.717) is 5.92 Å². The third-order valence-corrected chi connectivity index (χ3v) is 5.79. The Morgan fingerprint density at radius 2 is 1.57 bits per heavy atom. The van der Waals surface area contributed by atoms with Crippen molar-refractivity contribution in [3.8, 4) is 0 Å². The van der Waals surface area contributed by atoms with Gasteiger partial charge in [-0.25, -0.2) is 0 Å². The SMILES string of the molecule is BC(=C/C=C)/C(CNCC(C)C)=C(\C=C)C(C)(CCCCC)CCCCCC. The summed E-state index contributed by atoms with van der Waals surface area (Å²) >= 11 is 0. The molecule has 0 aromatic carbocycles. The van der Waals surface area contributed by atoms with Crippen molar-refractivity contribution in [3.63, 3.8) is 0 Å². The lowest BCUT2D eigenvalue weighted by molar-refractivity contribution is 0.313. The first-order valence-electron chi connectivity index (χ1n) is 11.7. The molecule has 0 amide bonds. The molecule has 0 aliphatic rings. The zero-order valence-corrected chi connectivity index (χ0v) is 20.0. The van der Waals surface area contributed by atoms with E-state index in [1.165, 1.54) is 74.4 Å². The van der Waals surface area contributed by atoms with Crippen molar-refractivity contribution in [2.75, 3.05) is 13.1 Å². The summed E-state index contributed by atoms with van der Waals surface area (Å²) in [5.74, 6) is 0.655. The van der Waals surface area contributed by atoms with Crippen LogP contribution >= 0.6 is 0 Å². The first kappa shape index (κ1) is 27.0. The molecular weight excluding hydrogens is 337 g/mol. The van der Waals surface area contributed by atoms with Gasteiger partial charge in [-0.05, 0) is 41.9 Å². The van der Waals surface area contributed by atoms with Crippen molar-refractivity contribution in [3.05, 3.63) is 48.0 Å². The van der Waals surface area contributed by atoms with E-state index in [1.54, 1.807) is 0 Å². The van der Waals surface area contributed by atoms with Crippen molar-refractivity contribution in [2.24, 2.45) is 11.3 Å². The maximum atomic E-state index is 4.27. The summed E-state index contributed by atoms with van der Waals surface area (Å²) in [5, 5.41) is 3.67. The predicted molar refractivity (Wildman–Crippen MR) is 133 cm³/mol. The molecular formula is C26H48BN. The average Bonchev–Trinajstić information content (AvgIpc) is 2.65. The molecule has 0 fully saturated rings. The topological polar surface area (TPSA) is 12.0 Å². The average molecular weight is 385 g/mol. The smallest absolute Gasteiger partial charge is 0.139 e. The normalized spacial score (nSPS) is 15.3. The Hall–Kier alpha value is -1.02. The summed E-state index contributed by atoms with van der Waals surface area (Å²) in [7, 11) is 2.22. The molecule has 0 aromatic rings. The van der Waals surface area contributed by atoms with E-state index in [1.807, 2.05) is 6.08 Å². The molecule has 1 N–H and O–H groups in total. The van der Waals surface area contributed by atoms with Gasteiger partial charge in [0.2, 0.25) is 0 Å². The Morgan fingerprint density at radius 1 is 1.00 bits per heavy atom. The lowest BCUT2D eigenvalue weighted by Gasteiger charge is -2.34. The molecule has 160 valence electrons. The van der Waals surface area contributed by atoms with Crippen LogP contribution < -0.4 is 5.32 Å². The molecule has 0 aliphatic heterocycles. The van der Waals surface area contributed by atoms with E-state index < -0.39 is 0 Å². The number of hydrogen-bond acceptors (Lipinski definition) is 1. The fraction of sp³-hybridized carbons (Fsp3) is 0.692. The van der Waals surface area contributed by atoms with Crippen molar-refractivity contribution in [1.29, 1.82) is 0 Å². The number of nitrogens with one attached hydrogen (secondary N) is 1. The Kier molecular flexibility index (Phi) is 15.3. The van der Waals surface area contributed by atoms with Crippen LogP contribution in [0.25, 0.3) is 0 Å². The zero-order chi connectivity index (χ0) is 21.4. The maximum Gasteiger partial charge on any atom is 0.139 e. The van der Waals surface area contributed by atoms with E-state index in [0.717, 1.165) is 13.1 Å². The van der Waals surface area contributed by atoms with Gasteiger partial charge in [-0.3, -0.25) is 0 Å². The predicted octanol–water partition coefficient (Wildman–Crippen LogP) is 6.97. The summed E-state index contributed by atoms with van der Waals surface area (Å²) in [5.41, 5.74) is 4.39. The van der Waals surface area contributed by atoms with Crippen LogP contribution in [0.15, 0.2) is 48.0 Å². The molecule has 0 bridgehead atoms. The second-order valence-corrected chi connectivity index (χ2v) is 9.03. The molecule has 0 saturated carbocycles. The van der Waals surface area contributed by atoms with Gasteiger partial charge in [0.1, 0.15) is 7.85 Å². The Morgan fingerprint density at radius 3 is 2.07 bits per heavy atom. The first-order valence-corrected chi connectivity index (χ1v) is 11.7. The van der Waals surface area contributed by atoms with E-state index >= 15 is 0 Å². The molecule has 1 nitrogen and oxygen atoms in total. The molecule has 2 heteroatoms. The van der Waals surface area contributed by atoms with E-state index in [9.17, 15) is 0 Å². The first-order chi connectivity index (χ1) is 13.4. The summed E-state index contributed by atoms with van der Waals surface area (Å²) in [4.78, 5) is 0. The van der Waals surface area contributed by atoms with Crippen LogP contribution in [-0.2, 0) is 0 Å². The highest BCUT2D eigenvalue weighted by Gasteiger charge is 2.29. The van der Waals surface area contributed by atoms with Crippen LogP contribution in [-0.4, -0.2) is 20.9 Å². The van der Waals surface area contributed by atoms with Crippen molar-refractivity contribution >= 4 is 7.85 Å². The van der Waals surface area contributed by atoms with E-state index in [4.69, 9.17) is 0 Å². The third-order valence-electron chi connectivity index (χ3n) is 5.79. The zero-order valence-electron chi connectivity index (χ0n) is 20.0. The molecule has 0 aliphatic carbocycles. The summed E-state index contributed by atoms with van der Waals surface area (Å²) < 4.78 is 0. The molecule has 1 atom stereocenters. The molecule has 0 heterocycles. The molecule has 0 rings (SSSR count). The second-order valence-electron chi connectivity index (χ2n) is 9.03. The Labute approximate surface area is 178 Å². The summed E-state index contributed by atoms with van der Waals surface area (Å²) in [6.45, 7) is 21.7. The van der Waals surface area contributed by atoms with Gasteiger partial charge in [0, 0.05) is 6.54 Å². The molecule has 1 unspecified atom stereocenters. The van der Waals surface area contributed by atoms with Crippen molar-refractivity contribution in [2.45, 2.75) is 92.4 Å². The van der Waals surface area contributed by atoms with Crippen LogP contribution in [0.4, 0.5) is 0 Å².